The van der Waals surface area contributed by atoms with Gasteiger partial charge < -0.3 is 15.1 Å². The van der Waals surface area contributed by atoms with Gasteiger partial charge in [-0.25, -0.2) is 19.3 Å². The monoisotopic (exact) mass is 603 g/mol. The number of carbonyl (C=O) groups excluding carboxylic acids is 1. The van der Waals surface area contributed by atoms with Crippen molar-refractivity contribution >= 4 is 28.3 Å². The Morgan fingerprint density at radius 2 is 1.73 bits per heavy atom. The summed E-state index contributed by atoms with van der Waals surface area (Å²) < 4.78 is 13.4. The van der Waals surface area contributed by atoms with Crippen LogP contribution in [0, 0.1) is 11.7 Å². The molecule has 10 nitrogen and oxygen atoms in total. The lowest BCUT2D eigenvalue weighted by Gasteiger charge is -2.36. The van der Waals surface area contributed by atoms with Gasteiger partial charge in [0.1, 0.15) is 11.6 Å². The maximum atomic E-state index is 13.4. The van der Waals surface area contributed by atoms with E-state index in [1.54, 1.807) is 36.8 Å². The van der Waals surface area contributed by atoms with Crippen LogP contribution in [-0.2, 0) is 4.79 Å². The highest BCUT2D eigenvalue weighted by atomic mass is 19.1. The van der Waals surface area contributed by atoms with Crippen LogP contribution in [0.5, 0.6) is 0 Å². The van der Waals surface area contributed by atoms with Crippen molar-refractivity contribution in [2.75, 3.05) is 56.0 Å². The average molecular weight is 604 g/mol. The molecule has 2 fully saturated rings. The minimum atomic E-state index is -0.276. The zero-order valence-corrected chi connectivity index (χ0v) is 24.9. The molecule has 0 saturated carbocycles. The summed E-state index contributed by atoms with van der Waals surface area (Å²) in [6.45, 7) is 9.22. The van der Waals surface area contributed by atoms with Gasteiger partial charge in [0, 0.05) is 85.1 Å². The third kappa shape index (κ3) is 6.25. The molecule has 2 N–H and O–H groups in total. The Morgan fingerprint density at radius 1 is 0.956 bits per heavy atom. The van der Waals surface area contributed by atoms with E-state index in [4.69, 9.17) is 0 Å². The predicted molar refractivity (Wildman–Crippen MR) is 173 cm³/mol. The van der Waals surface area contributed by atoms with Gasteiger partial charge in [-0.15, -0.1) is 0 Å². The number of nitrogens with one attached hydrogen (secondary N) is 2. The number of aromatic amines is 1. The standard InChI is InChI=1S/C34H34FN9O/c1-23(39-28-8-9-30-29(19-28)33(41-40-30)24-3-6-27(35)7-4-24)26-11-14-42(21-26)22-32(45)44-17-15-43(16-18-44)31-10-5-25(20-38-31)34-36-12-2-13-37-34/h2-10,12-13,19-20,26,39H,1,11,14-18,21-22H2,(H,40,41). The fourth-order valence-corrected chi connectivity index (χ4v) is 6.10. The lowest BCUT2D eigenvalue weighted by atomic mass is 10.0. The van der Waals surface area contributed by atoms with Crippen LogP contribution in [-0.4, -0.2) is 86.7 Å². The molecule has 2 aliphatic heterocycles. The quantitative estimate of drug-likeness (QED) is 0.260. The summed E-state index contributed by atoms with van der Waals surface area (Å²) in [5.41, 5.74) is 5.26. The Hall–Kier alpha value is -5.16. The molecule has 0 spiro atoms. The third-order valence-electron chi connectivity index (χ3n) is 8.64. The number of hydrogen-bond acceptors (Lipinski definition) is 8. The number of fused-ring (bicyclic) bond motifs is 1. The fourth-order valence-electron chi connectivity index (χ4n) is 6.10. The zero-order valence-electron chi connectivity index (χ0n) is 24.9. The van der Waals surface area contributed by atoms with Gasteiger partial charge in [0.15, 0.2) is 5.82 Å². The molecule has 1 amide bonds. The third-order valence-corrected chi connectivity index (χ3v) is 8.64. The first-order valence-corrected chi connectivity index (χ1v) is 15.2. The van der Waals surface area contributed by atoms with Crippen LogP contribution in [0.1, 0.15) is 6.42 Å². The average Bonchev–Trinajstić information content (AvgIpc) is 3.73. The number of H-pyrrole nitrogens is 1. The van der Waals surface area contributed by atoms with Gasteiger partial charge in [-0.05, 0) is 73.6 Å². The Morgan fingerprint density at radius 3 is 2.49 bits per heavy atom. The summed E-state index contributed by atoms with van der Waals surface area (Å²) in [6, 6.07) is 18.1. The topological polar surface area (TPSA) is 106 Å². The number of nitrogens with zero attached hydrogens (tertiary/aromatic N) is 7. The van der Waals surface area contributed by atoms with E-state index >= 15 is 0 Å². The largest absolute Gasteiger partial charge is 0.359 e. The van der Waals surface area contributed by atoms with Gasteiger partial charge in [-0.3, -0.25) is 14.8 Å². The molecule has 3 aromatic heterocycles. The van der Waals surface area contributed by atoms with Crippen LogP contribution >= 0.6 is 0 Å². The smallest absolute Gasteiger partial charge is 0.236 e. The molecule has 2 aromatic carbocycles. The Labute approximate surface area is 260 Å². The van der Waals surface area contributed by atoms with E-state index in [1.807, 2.05) is 35.2 Å². The molecule has 2 saturated heterocycles. The summed E-state index contributed by atoms with van der Waals surface area (Å²) in [4.78, 5) is 32.8. The number of anilines is 2. The Bertz CT molecular complexity index is 1800. The minimum absolute atomic E-state index is 0.164. The molecular formula is C34H34FN9O. The van der Waals surface area contributed by atoms with E-state index in [-0.39, 0.29) is 17.6 Å². The molecule has 5 aromatic rings. The predicted octanol–water partition coefficient (Wildman–Crippen LogP) is 4.82. The minimum Gasteiger partial charge on any atom is -0.359 e. The molecule has 7 rings (SSSR count). The lowest BCUT2D eigenvalue weighted by molar-refractivity contribution is -0.132. The first-order valence-electron chi connectivity index (χ1n) is 15.2. The Balaban J connectivity index is 0.899. The van der Waals surface area contributed by atoms with E-state index in [2.05, 4.69) is 46.8 Å². The number of benzene rings is 2. The van der Waals surface area contributed by atoms with Crippen LogP contribution < -0.4 is 10.2 Å². The van der Waals surface area contributed by atoms with Crippen LogP contribution in [0.3, 0.4) is 0 Å². The molecule has 1 unspecified atom stereocenters. The maximum Gasteiger partial charge on any atom is 0.236 e. The van der Waals surface area contributed by atoms with Gasteiger partial charge in [-0.2, -0.15) is 5.10 Å². The van der Waals surface area contributed by atoms with Crippen LogP contribution in [0.2, 0.25) is 0 Å². The number of amides is 1. The highest BCUT2D eigenvalue weighted by Gasteiger charge is 2.29. The molecule has 11 heteroatoms. The molecule has 0 radical (unpaired) electrons. The van der Waals surface area contributed by atoms with Gasteiger partial charge in [-0.1, -0.05) is 6.58 Å². The number of hydrogen-bond donors (Lipinski definition) is 2. The summed E-state index contributed by atoms with van der Waals surface area (Å²) >= 11 is 0. The second-order valence-electron chi connectivity index (χ2n) is 11.6. The van der Waals surface area contributed by atoms with Crippen LogP contribution in [0.25, 0.3) is 33.5 Å². The summed E-state index contributed by atoms with van der Waals surface area (Å²) in [6.07, 6.45) is 6.19. The Kier molecular flexibility index (Phi) is 7.91. The summed E-state index contributed by atoms with van der Waals surface area (Å²) in [7, 11) is 0. The molecule has 0 bridgehead atoms. The maximum absolute atomic E-state index is 13.4. The number of halogens is 1. The van der Waals surface area contributed by atoms with Gasteiger partial charge in [0.05, 0.1) is 17.8 Å². The van der Waals surface area contributed by atoms with E-state index in [0.29, 0.717) is 25.5 Å². The highest BCUT2D eigenvalue weighted by Crippen LogP contribution is 2.31. The van der Waals surface area contributed by atoms with E-state index < -0.39 is 0 Å². The second kappa shape index (κ2) is 12.4. The molecule has 1 atom stereocenters. The number of likely N-dealkylation sites (tertiary alicyclic amines) is 1. The molecule has 0 aliphatic carbocycles. The summed E-state index contributed by atoms with van der Waals surface area (Å²) in [5.74, 6) is 1.68. The van der Waals surface area contributed by atoms with Crippen LogP contribution in [0.4, 0.5) is 15.9 Å². The van der Waals surface area contributed by atoms with Gasteiger partial charge in [0.25, 0.3) is 0 Å². The SMILES string of the molecule is C=C(Nc1ccc2[nH]nc(-c3ccc(F)cc3)c2c1)C1CCN(CC(=O)N2CCN(c3ccc(-c4ncccn4)cn3)CC2)C1. The van der Waals surface area contributed by atoms with Crippen molar-refractivity contribution in [1.82, 2.24) is 34.9 Å². The van der Waals surface area contributed by atoms with Crippen molar-refractivity contribution in [3.05, 3.63) is 97.3 Å². The number of rotatable bonds is 8. The normalized spacial score (nSPS) is 17.1. The highest BCUT2D eigenvalue weighted by molar-refractivity contribution is 5.95. The molecular weight excluding hydrogens is 569 g/mol. The van der Waals surface area contributed by atoms with E-state index in [9.17, 15) is 9.18 Å². The molecule has 228 valence electrons. The number of pyridine rings is 1. The first kappa shape index (κ1) is 28.6. The van der Waals surface area contributed by atoms with Gasteiger partial charge in [0.2, 0.25) is 5.91 Å². The van der Waals surface area contributed by atoms with Crippen molar-refractivity contribution < 1.29 is 9.18 Å². The van der Waals surface area contributed by atoms with Gasteiger partial charge >= 0.3 is 0 Å². The van der Waals surface area contributed by atoms with Crippen molar-refractivity contribution in [3.63, 3.8) is 0 Å². The number of piperazine rings is 1. The van der Waals surface area contributed by atoms with Crippen molar-refractivity contribution in [2.24, 2.45) is 5.92 Å². The number of aromatic nitrogens is 5. The van der Waals surface area contributed by atoms with E-state index in [1.165, 1.54) is 12.1 Å². The van der Waals surface area contributed by atoms with Crippen LogP contribution in [0.15, 0.2) is 91.5 Å². The molecule has 2 aliphatic rings. The van der Waals surface area contributed by atoms with E-state index in [0.717, 1.165) is 77.5 Å². The molecule has 5 heterocycles. The second-order valence-corrected chi connectivity index (χ2v) is 11.6. The zero-order chi connectivity index (χ0) is 30.8. The summed E-state index contributed by atoms with van der Waals surface area (Å²) in [5, 5.41) is 12.0. The van der Waals surface area contributed by atoms with Crippen molar-refractivity contribution in [3.8, 4) is 22.6 Å². The fraction of sp³-hybridized carbons (Fsp3) is 0.265. The molecule has 45 heavy (non-hydrogen) atoms. The lowest BCUT2D eigenvalue weighted by Crippen LogP contribution is -2.51. The van der Waals surface area contributed by atoms with Crippen molar-refractivity contribution in [2.45, 2.75) is 6.42 Å². The first-order chi connectivity index (χ1) is 22.0. The number of carbonyl (C=O) groups is 1. The van der Waals surface area contributed by atoms with Crippen molar-refractivity contribution in [1.29, 1.82) is 0 Å².